The zero-order valence-corrected chi connectivity index (χ0v) is 6.81. The highest BCUT2D eigenvalue weighted by molar-refractivity contribution is 9.09. The maximum Gasteiger partial charge on any atom is 0.128 e. The third-order valence-corrected chi connectivity index (χ3v) is 1.70. The fourth-order valence-corrected chi connectivity index (χ4v) is 1.07. The van der Waals surface area contributed by atoms with Crippen molar-refractivity contribution in [3.63, 3.8) is 0 Å². The van der Waals surface area contributed by atoms with E-state index in [4.69, 9.17) is 5.73 Å². The SMILES string of the molecule is NC(Br)c1ccccc1F. The predicted octanol–water partition coefficient (Wildman–Crippen LogP) is 2.18. The first-order valence-corrected chi connectivity index (χ1v) is 3.77. The van der Waals surface area contributed by atoms with Crippen LogP contribution in [0.15, 0.2) is 24.3 Å². The highest BCUT2D eigenvalue weighted by Crippen LogP contribution is 2.18. The van der Waals surface area contributed by atoms with Crippen LogP contribution in [0.5, 0.6) is 0 Å². The molecule has 0 aliphatic carbocycles. The molecule has 0 saturated carbocycles. The zero-order valence-electron chi connectivity index (χ0n) is 5.22. The molecule has 0 aromatic heterocycles. The summed E-state index contributed by atoms with van der Waals surface area (Å²) in [5.74, 6) is -0.271. The molecule has 2 N–H and O–H groups in total. The molecule has 3 heteroatoms. The Morgan fingerprint density at radius 3 is 2.40 bits per heavy atom. The van der Waals surface area contributed by atoms with Crippen LogP contribution in [0.1, 0.15) is 10.5 Å². The summed E-state index contributed by atoms with van der Waals surface area (Å²) < 4.78 is 12.7. The maximum absolute atomic E-state index is 12.7. The molecule has 1 nitrogen and oxygen atoms in total. The second-order valence-corrected chi connectivity index (χ2v) is 2.91. The summed E-state index contributed by atoms with van der Waals surface area (Å²) in [6, 6.07) is 6.42. The van der Waals surface area contributed by atoms with Gasteiger partial charge in [-0.1, -0.05) is 34.1 Å². The van der Waals surface area contributed by atoms with Crippen molar-refractivity contribution >= 4 is 15.9 Å². The van der Waals surface area contributed by atoms with E-state index in [0.717, 1.165) is 0 Å². The highest BCUT2D eigenvalue weighted by atomic mass is 79.9. The summed E-state index contributed by atoms with van der Waals surface area (Å²) in [4.78, 5) is -0.409. The molecular weight excluding hydrogens is 197 g/mol. The Balaban J connectivity index is 3.03. The van der Waals surface area contributed by atoms with Gasteiger partial charge in [-0.3, -0.25) is 0 Å². The van der Waals surface area contributed by atoms with Crippen LogP contribution in [0.4, 0.5) is 4.39 Å². The lowest BCUT2D eigenvalue weighted by Crippen LogP contribution is -2.03. The molecule has 0 aliphatic rings. The Labute approximate surface area is 67.2 Å². The monoisotopic (exact) mass is 203 g/mol. The Kier molecular flexibility index (Phi) is 2.40. The van der Waals surface area contributed by atoms with Crippen LogP contribution < -0.4 is 5.73 Å². The van der Waals surface area contributed by atoms with Gasteiger partial charge in [0.15, 0.2) is 0 Å². The summed E-state index contributed by atoms with van der Waals surface area (Å²) in [5.41, 5.74) is 5.88. The molecule has 1 aromatic rings. The normalized spacial score (nSPS) is 13.1. The fourth-order valence-electron chi connectivity index (χ4n) is 0.699. The maximum atomic E-state index is 12.7. The first kappa shape index (κ1) is 7.69. The van der Waals surface area contributed by atoms with Crippen molar-refractivity contribution in [1.82, 2.24) is 0 Å². The molecule has 0 radical (unpaired) electrons. The van der Waals surface area contributed by atoms with Crippen molar-refractivity contribution in [2.45, 2.75) is 4.95 Å². The van der Waals surface area contributed by atoms with Crippen LogP contribution in [0.3, 0.4) is 0 Å². The van der Waals surface area contributed by atoms with E-state index in [-0.39, 0.29) is 5.82 Å². The molecule has 10 heavy (non-hydrogen) atoms. The highest BCUT2D eigenvalue weighted by Gasteiger charge is 2.04. The molecule has 1 aromatic carbocycles. The van der Waals surface area contributed by atoms with Gasteiger partial charge in [-0.25, -0.2) is 4.39 Å². The third-order valence-electron chi connectivity index (χ3n) is 1.20. The van der Waals surface area contributed by atoms with E-state index in [2.05, 4.69) is 15.9 Å². The van der Waals surface area contributed by atoms with Gasteiger partial charge in [-0.05, 0) is 6.07 Å². The van der Waals surface area contributed by atoms with E-state index in [0.29, 0.717) is 5.56 Å². The molecule has 0 aliphatic heterocycles. The minimum Gasteiger partial charge on any atom is -0.315 e. The smallest absolute Gasteiger partial charge is 0.128 e. The molecule has 0 bridgehead atoms. The van der Waals surface area contributed by atoms with Gasteiger partial charge in [0.2, 0.25) is 0 Å². The average Bonchev–Trinajstić information content (AvgIpc) is 1.88. The lowest BCUT2D eigenvalue weighted by Gasteiger charge is -2.02. The predicted molar refractivity (Wildman–Crippen MR) is 42.3 cm³/mol. The quantitative estimate of drug-likeness (QED) is 0.550. The number of alkyl halides is 1. The Morgan fingerprint density at radius 2 is 2.00 bits per heavy atom. The van der Waals surface area contributed by atoms with Crippen molar-refractivity contribution in [2.24, 2.45) is 5.73 Å². The first-order chi connectivity index (χ1) is 4.72. The molecule has 1 unspecified atom stereocenters. The molecule has 0 fully saturated rings. The molecule has 0 saturated heterocycles. The Morgan fingerprint density at radius 1 is 1.40 bits per heavy atom. The number of halogens is 2. The Hall–Kier alpha value is -0.410. The van der Waals surface area contributed by atoms with Gasteiger partial charge in [-0.2, -0.15) is 0 Å². The molecule has 54 valence electrons. The van der Waals surface area contributed by atoms with Crippen LogP contribution in [-0.4, -0.2) is 0 Å². The number of hydrogen-bond acceptors (Lipinski definition) is 1. The van der Waals surface area contributed by atoms with E-state index in [1.165, 1.54) is 6.07 Å². The van der Waals surface area contributed by atoms with Gasteiger partial charge in [0.05, 0.1) is 4.95 Å². The van der Waals surface area contributed by atoms with Crippen LogP contribution >= 0.6 is 15.9 Å². The molecular formula is C7H7BrFN. The summed E-state index contributed by atoms with van der Waals surface area (Å²) in [6.07, 6.45) is 0. The van der Waals surface area contributed by atoms with Crippen LogP contribution in [-0.2, 0) is 0 Å². The number of nitrogens with two attached hydrogens (primary N) is 1. The lowest BCUT2D eigenvalue weighted by molar-refractivity contribution is 0.610. The standard InChI is InChI=1S/C7H7BrFN/c8-7(10)5-3-1-2-4-6(5)9/h1-4,7H,10H2. The number of hydrogen-bond donors (Lipinski definition) is 1. The van der Waals surface area contributed by atoms with Crippen molar-refractivity contribution in [3.05, 3.63) is 35.6 Å². The summed E-state index contributed by atoms with van der Waals surface area (Å²) in [5, 5.41) is 0. The molecule has 1 rings (SSSR count). The van der Waals surface area contributed by atoms with Crippen molar-refractivity contribution in [2.75, 3.05) is 0 Å². The fraction of sp³-hybridized carbons (Fsp3) is 0.143. The van der Waals surface area contributed by atoms with E-state index < -0.39 is 4.95 Å². The average molecular weight is 204 g/mol. The van der Waals surface area contributed by atoms with Gasteiger partial charge >= 0.3 is 0 Å². The van der Waals surface area contributed by atoms with Crippen LogP contribution in [0, 0.1) is 5.82 Å². The zero-order chi connectivity index (χ0) is 7.56. The van der Waals surface area contributed by atoms with E-state index >= 15 is 0 Å². The van der Waals surface area contributed by atoms with Gasteiger partial charge in [-0.15, -0.1) is 0 Å². The first-order valence-electron chi connectivity index (χ1n) is 2.86. The molecule has 0 amide bonds. The van der Waals surface area contributed by atoms with E-state index in [9.17, 15) is 4.39 Å². The number of rotatable bonds is 1. The molecule has 1 atom stereocenters. The van der Waals surface area contributed by atoms with E-state index in [1.54, 1.807) is 18.2 Å². The van der Waals surface area contributed by atoms with Gasteiger partial charge in [0.1, 0.15) is 5.82 Å². The molecule has 0 spiro atoms. The van der Waals surface area contributed by atoms with Crippen LogP contribution in [0.2, 0.25) is 0 Å². The van der Waals surface area contributed by atoms with Crippen molar-refractivity contribution in [3.8, 4) is 0 Å². The second kappa shape index (κ2) is 3.12. The summed E-state index contributed by atoms with van der Waals surface area (Å²) >= 11 is 3.07. The minimum atomic E-state index is -0.409. The third kappa shape index (κ3) is 1.55. The topological polar surface area (TPSA) is 26.0 Å². The van der Waals surface area contributed by atoms with Gasteiger partial charge < -0.3 is 5.73 Å². The summed E-state index contributed by atoms with van der Waals surface area (Å²) in [7, 11) is 0. The lowest BCUT2D eigenvalue weighted by atomic mass is 10.2. The van der Waals surface area contributed by atoms with Gasteiger partial charge in [0, 0.05) is 5.56 Å². The number of benzene rings is 1. The minimum absolute atomic E-state index is 0.271. The largest absolute Gasteiger partial charge is 0.315 e. The molecule has 0 heterocycles. The Bertz CT molecular complexity index is 225. The van der Waals surface area contributed by atoms with Crippen molar-refractivity contribution < 1.29 is 4.39 Å². The van der Waals surface area contributed by atoms with E-state index in [1.807, 2.05) is 0 Å². The second-order valence-electron chi connectivity index (χ2n) is 1.92. The van der Waals surface area contributed by atoms with Crippen LogP contribution in [0.25, 0.3) is 0 Å². The van der Waals surface area contributed by atoms with Gasteiger partial charge in [0.25, 0.3) is 0 Å². The summed E-state index contributed by atoms with van der Waals surface area (Å²) in [6.45, 7) is 0. The van der Waals surface area contributed by atoms with Crippen molar-refractivity contribution in [1.29, 1.82) is 0 Å².